The minimum Gasteiger partial charge on any atom is -0.596 e. The quantitative estimate of drug-likeness (QED) is 0.212. The van der Waals surface area contributed by atoms with Crippen LogP contribution < -0.4 is 4.90 Å². The minimum atomic E-state index is -0.0256. The molecule has 0 fully saturated rings. The highest BCUT2D eigenvalue weighted by atomic mass is 16.3. The Morgan fingerprint density at radius 2 is 1.71 bits per heavy atom. The minimum absolute atomic E-state index is 0.0256. The highest BCUT2D eigenvalue weighted by Gasteiger charge is 2.37. The van der Waals surface area contributed by atoms with Gasteiger partial charge < -0.3 is 10.0 Å². The van der Waals surface area contributed by atoms with E-state index < -0.39 is 0 Å². The molecule has 0 aromatic heterocycles. The van der Waals surface area contributed by atoms with Gasteiger partial charge in [0.05, 0.1) is 6.42 Å². The van der Waals surface area contributed by atoms with Crippen molar-refractivity contribution in [2.24, 2.45) is 0 Å². The summed E-state index contributed by atoms with van der Waals surface area (Å²) in [6.45, 7) is 10.6. The smallest absolute Gasteiger partial charge is 0.233 e. The van der Waals surface area contributed by atoms with E-state index in [0.717, 1.165) is 23.1 Å². The topological polar surface area (TPSA) is 26.1 Å². The Balaban J connectivity index is 1.81. The highest BCUT2D eigenvalue weighted by molar-refractivity contribution is 5.70. The van der Waals surface area contributed by atoms with Gasteiger partial charge in [0.15, 0.2) is 0 Å². The lowest BCUT2D eigenvalue weighted by molar-refractivity contribution is 0.398. The van der Waals surface area contributed by atoms with Crippen LogP contribution in [0.4, 0.5) is 5.69 Å². The highest BCUT2D eigenvalue weighted by Crippen LogP contribution is 2.46. The molecule has 0 saturated heterocycles. The average Bonchev–Trinajstić information content (AvgIpc) is 3.05. The van der Waals surface area contributed by atoms with Crippen molar-refractivity contribution in [3.63, 3.8) is 0 Å². The fourth-order valence-electron chi connectivity index (χ4n) is 4.53. The van der Waals surface area contributed by atoms with Gasteiger partial charge in [-0.2, -0.15) is 0 Å². The molecule has 2 heteroatoms. The molecule has 35 heavy (non-hydrogen) atoms. The molecule has 2 aromatic rings. The first kappa shape index (κ1) is 25.8. The van der Waals surface area contributed by atoms with Crippen LogP contribution in [0, 0.1) is 0 Å². The number of allylic oxidation sites excluding steroid dienone is 13. The second kappa shape index (κ2) is 12.1. The lowest BCUT2D eigenvalue weighted by Gasteiger charge is -2.23. The Bertz CT molecular complexity index is 1200. The molecule has 0 spiro atoms. The summed E-state index contributed by atoms with van der Waals surface area (Å²) in [6, 6.07) is 18.8. The van der Waals surface area contributed by atoms with E-state index in [9.17, 15) is 0 Å². The van der Waals surface area contributed by atoms with E-state index in [0.29, 0.717) is 12.2 Å². The maximum absolute atomic E-state index is 8.55. The van der Waals surface area contributed by atoms with Gasteiger partial charge in [0, 0.05) is 29.9 Å². The normalized spacial score (nSPS) is 17.5. The molecule has 2 aromatic carbocycles. The Kier molecular flexibility index (Phi) is 8.92. The van der Waals surface area contributed by atoms with Crippen molar-refractivity contribution in [2.45, 2.75) is 39.0 Å². The van der Waals surface area contributed by atoms with Gasteiger partial charge in [-0.05, 0) is 47.8 Å². The summed E-state index contributed by atoms with van der Waals surface area (Å²) in [5.41, 5.74) is 7.07. The predicted octanol–water partition coefficient (Wildman–Crippen LogP) is 7.71. The molecule has 2 N–H and O–H groups in total. The molecule has 180 valence electrons. The Morgan fingerprint density at radius 3 is 2.40 bits per heavy atom. The monoisotopic (exact) mass is 464 g/mol. The third-order valence-electron chi connectivity index (χ3n) is 6.39. The Labute approximate surface area is 211 Å². The molecule has 2 nitrogen and oxygen atoms in total. The number of benzene rings is 2. The van der Waals surface area contributed by atoms with Crippen molar-refractivity contribution in [3.8, 4) is 0 Å². The second-order valence-corrected chi connectivity index (χ2v) is 9.26. The summed E-state index contributed by atoms with van der Waals surface area (Å²) in [6.07, 6.45) is 20.0. The van der Waals surface area contributed by atoms with Gasteiger partial charge in [-0.1, -0.05) is 111 Å². The van der Waals surface area contributed by atoms with Crippen LogP contribution in [0.15, 0.2) is 138 Å². The van der Waals surface area contributed by atoms with Gasteiger partial charge >= 0.3 is 0 Å². The van der Waals surface area contributed by atoms with Crippen molar-refractivity contribution in [1.82, 2.24) is 0 Å². The van der Waals surface area contributed by atoms with Crippen LogP contribution in [0.25, 0.3) is 0 Å². The van der Waals surface area contributed by atoms with Crippen LogP contribution in [0.1, 0.15) is 38.3 Å². The van der Waals surface area contributed by atoms with E-state index in [1.807, 2.05) is 55.5 Å². The van der Waals surface area contributed by atoms with E-state index in [4.69, 9.17) is 5.11 Å². The SMILES string of the molecule is C=CC(=C\C=C/C)/C(/C=C(\[OH2+])Cc1ccccc1)=C/C/C=C/C=C1/N(C)c2ccccc2C1(C)C. The number of fused-ring (bicyclic) bond motifs is 1. The van der Waals surface area contributed by atoms with Crippen molar-refractivity contribution in [3.05, 3.63) is 150 Å². The van der Waals surface area contributed by atoms with Crippen LogP contribution >= 0.6 is 0 Å². The lowest BCUT2D eigenvalue weighted by Crippen LogP contribution is -2.22. The fraction of sp³-hybridized carbons (Fsp3) is 0.212. The summed E-state index contributed by atoms with van der Waals surface area (Å²) < 4.78 is 0. The van der Waals surface area contributed by atoms with Crippen LogP contribution in [-0.2, 0) is 11.8 Å². The lowest BCUT2D eigenvalue weighted by atomic mass is 9.84. The molecular formula is C33H38NO+. The summed E-state index contributed by atoms with van der Waals surface area (Å²) >= 11 is 0. The number of para-hydroxylation sites is 1. The number of likely N-dealkylation sites (N-methyl/N-ethyl adjacent to an activating group) is 1. The molecule has 0 radical (unpaired) electrons. The van der Waals surface area contributed by atoms with Crippen LogP contribution in [0.2, 0.25) is 0 Å². The van der Waals surface area contributed by atoms with E-state index in [1.54, 1.807) is 0 Å². The van der Waals surface area contributed by atoms with E-state index in [2.05, 4.69) is 93.1 Å². The molecule has 0 saturated carbocycles. The summed E-state index contributed by atoms with van der Waals surface area (Å²) in [4.78, 5) is 2.29. The van der Waals surface area contributed by atoms with Gasteiger partial charge in [-0.25, -0.2) is 0 Å². The number of hydrogen-bond donors (Lipinski definition) is 0. The van der Waals surface area contributed by atoms with Gasteiger partial charge in [-0.15, -0.1) is 0 Å². The molecule has 1 aliphatic rings. The first-order chi connectivity index (χ1) is 16.9. The molecule has 1 heterocycles. The maximum atomic E-state index is 8.55. The van der Waals surface area contributed by atoms with Gasteiger partial charge in [0.2, 0.25) is 5.76 Å². The van der Waals surface area contributed by atoms with Crippen LogP contribution in [0.3, 0.4) is 0 Å². The first-order valence-corrected chi connectivity index (χ1v) is 12.2. The molecule has 0 unspecified atom stereocenters. The van der Waals surface area contributed by atoms with Crippen molar-refractivity contribution >= 4 is 5.69 Å². The Hall–Kier alpha value is -3.78. The standard InChI is InChI=1S/C33H37NO/c1-6-8-19-27(7-2)28(25-29(35)24-26-17-11-9-12-18-26)20-13-10-14-23-32-33(3,4)30-21-15-16-22-31(30)34(32)5/h6-12,14-23,25,35H,2,13,24H2,1,3-5H3/p+1/b8-6-,14-10+,27-19+,28-20+,29-25-,32-23+. The summed E-state index contributed by atoms with van der Waals surface area (Å²) in [5.74, 6) is 0.578. The van der Waals surface area contributed by atoms with Crippen LogP contribution in [-0.4, -0.2) is 12.2 Å². The van der Waals surface area contributed by atoms with Crippen molar-refractivity contribution in [1.29, 1.82) is 0 Å². The summed E-state index contributed by atoms with van der Waals surface area (Å²) in [7, 11) is 2.14. The van der Waals surface area contributed by atoms with Gasteiger partial charge in [0.25, 0.3) is 0 Å². The third-order valence-corrected chi connectivity index (χ3v) is 6.39. The molecule has 0 amide bonds. The number of nitrogens with zero attached hydrogens (tertiary/aromatic N) is 1. The first-order valence-electron chi connectivity index (χ1n) is 12.2. The predicted molar refractivity (Wildman–Crippen MR) is 153 cm³/mol. The van der Waals surface area contributed by atoms with Crippen molar-refractivity contribution < 1.29 is 5.11 Å². The second-order valence-electron chi connectivity index (χ2n) is 9.26. The zero-order valence-corrected chi connectivity index (χ0v) is 21.5. The zero-order valence-electron chi connectivity index (χ0n) is 21.5. The molecule has 3 rings (SSSR count). The molecular weight excluding hydrogens is 426 g/mol. The largest absolute Gasteiger partial charge is 0.596 e. The number of anilines is 1. The number of rotatable bonds is 9. The van der Waals surface area contributed by atoms with Crippen LogP contribution in [0.5, 0.6) is 0 Å². The molecule has 0 aliphatic carbocycles. The average molecular weight is 465 g/mol. The van der Waals surface area contributed by atoms with E-state index >= 15 is 0 Å². The van der Waals surface area contributed by atoms with E-state index in [1.165, 1.54) is 16.9 Å². The third kappa shape index (κ3) is 6.42. The van der Waals surface area contributed by atoms with Gasteiger partial charge in [-0.3, -0.25) is 0 Å². The Morgan fingerprint density at radius 1 is 1.00 bits per heavy atom. The fourth-order valence-corrected chi connectivity index (χ4v) is 4.53. The summed E-state index contributed by atoms with van der Waals surface area (Å²) in [5, 5.41) is 8.55. The van der Waals surface area contributed by atoms with Gasteiger partial charge in [0.1, 0.15) is 0 Å². The van der Waals surface area contributed by atoms with Crippen molar-refractivity contribution in [2.75, 3.05) is 11.9 Å². The van der Waals surface area contributed by atoms with E-state index in [-0.39, 0.29) is 5.41 Å². The molecule has 0 bridgehead atoms. The zero-order chi connectivity index (χ0) is 25.3. The molecule has 0 atom stereocenters. The molecule has 1 aliphatic heterocycles. The maximum Gasteiger partial charge on any atom is 0.233 e. The number of hydrogen-bond acceptors (Lipinski definition) is 1.